The number of aryl methyl sites for hydroxylation is 2. The molecule has 8 heteroatoms. The molecule has 0 aliphatic heterocycles. The molecule has 1 aromatic carbocycles. The molecule has 0 saturated heterocycles. The van der Waals surface area contributed by atoms with Crippen LogP contribution >= 0.6 is 11.6 Å². The van der Waals surface area contributed by atoms with Crippen LogP contribution in [0.1, 0.15) is 32.0 Å². The SMILES string of the molecule is Cc1ccc(S(=O)(=O)n2c(C)cc3c(NC(C)(C)C)nc(Cl)nc32)cc1. The van der Waals surface area contributed by atoms with E-state index in [0.717, 1.165) is 5.56 Å². The van der Waals surface area contributed by atoms with Gasteiger partial charge in [-0.05, 0) is 64.4 Å². The fourth-order valence-corrected chi connectivity index (χ4v) is 4.38. The summed E-state index contributed by atoms with van der Waals surface area (Å²) in [6.07, 6.45) is 0. The Kier molecular flexibility index (Phi) is 4.48. The molecule has 0 radical (unpaired) electrons. The first-order valence-electron chi connectivity index (χ1n) is 8.15. The van der Waals surface area contributed by atoms with E-state index in [0.29, 0.717) is 16.9 Å². The van der Waals surface area contributed by atoms with Crippen molar-refractivity contribution in [1.29, 1.82) is 0 Å². The first-order valence-corrected chi connectivity index (χ1v) is 9.97. The molecular formula is C18H21ClN4O2S. The summed E-state index contributed by atoms with van der Waals surface area (Å²) in [5.74, 6) is 0.508. The topological polar surface area (TPSA) is 76.9 Å². The third-order valence-electron chi connectivity index (χ3n) is 3.82. The molecule has 0 spiro atoms. The van der Waals surface area contributed by atoms with Crippen molar-refractivity contribution in [3.63, 3.8) is 0 Å². The lowest BCUT2D eigenvalue weighted by Gasteiger charge is -2.21. The van der Waals surface area contributed by atoms with Gasteiger partial charge in [-0.25, -0.2) is 17.4 Å². The average molecular weight is 393 g/mol. The molecule has 0 aliphatic carbocycles. The molecule has 0 amide bonds. The summed E-state index contributed by atoms with van der Waals surface area (Å²) in [6, 6.07) is 8.47. The fraction of sp³-hybridized carbons (Fsp3) is 0.333. The highest BCUT2D eigenvalue weighted by Gasteiger charge is 2.25. The summed E-state index contributed by atoms with van der Waals surface area (Å²) in [5, 5.41) is 3.86. The molecule has 2 aromatic heterocycles. The summed E-state index contributed by atoms with van der Waals surface area (Å²) in [6.45, 7) is 9.59. The van der Waals surface area contributed by atoms with Crippen LogP contribution in [0, 0.1) is 13.8 Å². The normalized spacial score (nSPS) is 12.5. The van der Waals surface area contributed by atoms with Gasteiger partial charge in [-0.2, -0.15) is 4.98 Å². The van der Waals surface area contributed by atoms with Gasteiger partial charge >= 0.3 is 0 Å². The van der Waals surface area contributed by atoms with Gasteiger partial charge < -0.3 is 5.32 Å². The fourth-order valence-electron chi connectivity index (χ4n) is 2.72. The van der Waals surface area contributed by atoms with Gasteiger partial charge in [0.2, 0.25) is 5.28 Å². The van der Waals surface area contributed by atoms with Crippen LogP contribution < -0.4 is 5.32 Å². The summed E-state index contributed by atoms with van der Waals surface area (Å²) < 4.78 is 27.6. The van der Waals surface area contributed by atoms with E-state index in [2.05, 4.69) is 15.3 Å². The lowest BCUT2D eigenvalue weighted by Crippen LogP contribution is -2.27. The lowest BCUT2D eigenvalue weighted by molar-refractivity contribution is 0.587. The van der Waals surface area contributed by atoms with Gasteiger partial charge in [0.25, 0.3) is 10.0 Å². The molecule has 6 nitrogen and oxygen atoms in total. The number of hydrogen-bond acceptors (Lipinski definition) is 5. The highest BCUT2D eigenvalue weighted by Crippen LogP contribution is 2.30. The number of benzene rings is 1. The summed E-state index contributed by atoms with van der Waals surface area (Å²) in [4.78, 5) is 8.64. The average Bonchev–Trinajstić information content (AvgIpc) is 2.83. The zero-order chi connectivity index (χ0) is 19.3. The van der Waals surface area contributed by atoms with E-state index in [1.54, 1.807) is 37.3 Å². The predicted molar refractivity (Wildman–Crippen MR) is 104 cm³/mol. The lowest BCUT2D eigenvalue weighted by atomic mass is 10.1. The van der Waals surface area contributed by atoms with E-state index >= 15 is 0 Å². The van der Waals surface area contributed by atoms with Crippen LogP contribution in [0.2, 0.25) is 5.28 Å². The maximum absolute atomic E-state index is 13.2. The predicted octanol–water partition coefficient (Wildman–Crippen LogP) is 4.15. The highest BCUT2D eigenvalue weighted by molar-refractivity contribution is 7.90. The van der Waals surface area contributed by atoms with E-state index < -0.39 is 10.0 Å². The molecule has 0 unspecified atom stereocenters. The third kappa shape index (κ3) is 3.41. The first kappa shape index (κ1) is 18.7. The Labute approximate surface area is 158 Å². The number of fused-ring (bicyclic) bond motifs is 1. The molecule has 3 aromatic rings. The Balaban J connectivity index is 2.27. The van der Waals surface area contributed by atoms with Crippen LogP contribution in [0.5, 0.6) is 0 Å². The zero-order valence-electron chi connectivity index (χ0n) is 15.3. The summed E-state index contributed by atoms with van der Waals surface area (Å²) >= 11 is 6.08. The molecule has 138 valence electrons. The minimum atomic E-state index is -3.81. The van der Waals surface area contributed by atoms with Crippen molar-refractivity contribution in [3.8, 4) is 0 Å². The van der Waals surface area contributed by atoms with Gasteiger partial charge in [0, 0.05) is 11.2 Å². The van der Waals surface area contributed by atoms with E-state index in [9.17, 15) is 8.42 Å². The Morgan fingerprint density at radius 2 is 1.69 bits per heavy atom. The van der Waals surface area contributed by atoms with Crippen molar-refractivity contribution in [1.82, 2.24) is 13.9 Å². The molecule has 1 N–H and O–H groups in total. The number of hydrogen-bond donors (Lipinski definition) is 1. The molecular weight excluding hydrogens is 372 g/mol. The van der Waals surface area contributed by atoms with Crippen LogP contribution in [-0.4, -0.2) is 27.9 Å². The standard InChI is InChI=1S/C18H21ClN4O2S/c1-11-6-8-13(9-7-11)26(24,25)23-12(2)10-14-15(22-18(3,4)5)20-17(19)21-16(14)23/h6-10H,1-5H3,(H,20,21,22). The second-order valence-electron chi connectivity index (χ2n) is 7.32. The van der Waals surface area contributed by atoms with Gasteiger partial charge in [-0.1, -0.05) is 17.7 Å². The molecule has 0 fully saturated rings. The molecule has 2 heterocycles. The Morgan fingerprint density at radius 3 is 2.27 bits per heavy atom. The summed E-state index contributed by atoms with van der Waals surface area (Å²) in [7, 11) is -3.81. The largest absolute Gasteiger partial charge is 0.365 e. The van der Waals surface area contributed by atoms with Crippen LogP contribution in [0.4, 0.5) is 5.82 Å². The van der Waals surface area contributed by atoms with Gasteiger partial charge in [0.15, 0.2) is 5.65 Å². The molecule has 0 atom stereocenters. The highest BCUT2D eigenvalue weighted by atomic mass is 35.5. The minimum absolute atomic E-state index is 0.0114. The van der Waals surface area contributed by atoms with Crippen molar-refractivity contribution in [2.75, 3.05) is 5.32 Å². The zero-order valence-corrected chi connectivity index (χ0v) is 16.9. The number of aromatic nitrogens is 3. The summed E-state index contributed by atoms with van der Waals surface area (Å²) in [5.41, 5.74) is 1.51. The molecule has 0 bridgehead atoms. The second-order valence-corrected chi connectivity index (χ2v) is 9.45. The molecule has 26 heavy (non-hydrogen) atoms. The van der Waals surface area contributed by atoms with Crippen LogP contribution in [0.3, 0.4) is 0 Å². The van der Waals surface area contributed by atoms with Crippen LogP contribution in [0.25, 0.3) is 11.0 Å². The molecule has 3 rings (SSSR count). The van der Waals surface area contributed by atoms with Crippen molar-refractivity contribution < 1.29 is 8.42 Å². The van der Waals surface area contributed by atoms with Gasteiger partial charge in [-0.15, -0.1) is 0 Å². The van der Waals surface area contributed by atoms with Crippen LogP contribution in [0.15, 0.2) is 35.2 Å². The quantitative estimate of drug-likeness (QED) is 0.677. The molecule has 0 aliphatic rings. The number of nitrogens with one attached hydrogen (secondary N) is 1. The van der Waals surface area contributed by atoms with E-state index in [1.807, 2.05) is 27.7 Å². The van der Waals surface area contributed by atoms with E-state index in [1.165, 1.54) is 3.97 Å². The molecule has 0 saturated carbocycles. The number of nitrogens with zero attached hydrogens (tertiary/aromatic N) is 3. The second kappa shape index (κ2) is 6.25. The van der Waals surface area contributed by atoms with E-state index in [4.69, 9.17) is 11.6 Å². The van der Waals surface area contributed by atoms with Crippen molar-refractivity contribution >= 4 is 38.5 Å². The van der Waals surface area contributed by atoms with Crippen molar-refractivity contribution in [2.45, 2.75) is 45.1 Å². The smallest absolute Gasteiger partial charge is 0.269 e. The van der Waals surface area contributed by atoms with Crippen molar-refractivity contribution in [3.05, 3.63) is 46.9 Å². The first-order chi connectivity index (χ1) is 12.0. The Morgan fingerprint density at radius 1 is 1.08 bits per heavy atom. The van der Waals surface area contributed by atoms with Crippen LogP contribution in [-0.2, 0) is 10.0 Å². The van der Waals surface area contributed by atoms with E-state index in [-0.39, 0.29) is 21.4 Å². The maximum Gasteiger partial charge on any atom is 0.269 e. The Bertz CT molecular complexity index is 1080. The maximum atomic E-state index is 13.2. The van der Waals surface area contributed by atoms with Crippen molar-refractivity contribution in [2.24, 2.45) is 0 Å². The number of anilines is 1. The third-order valence-corrected chi connectivity index (χ3v) is 5.80. The van der Waals surface area contributed by atoms with Gasteiger partial charge in [-0.3, -0.25) is 0 Å². The minimum Gasteiger partial charge on any atom is -0.365 e. The number of rotatable bonds is 3. The monoisotopic (exact) mass is 392 g/mol. The van der Waals surface area contributed by atoms with Gasteiger partial charge in [0.05, 0.1) is 10.3 Å². The van der Waals surface area contributed by atoms with Gasteiger partial charge in [0.1, 0.15) is 5.82 Å². The number of halogens is 1. The Hall–Kier alpha value is -2.12.